The van der Waals surface area contributed by atoms with Crippen LogP contribution in [0.1, 0.15) is 22.2 Å². The van der Waals surface area contributed by atoms with Gasteiger partial charge in [0.05, 0.1) is 5.38 Å². The molecule has 1 heterocycles. The number of aromatic nitrogens is 1. The molecule has 3 heteroatoms. The van der Waals surface area contributed by atoms with Crippen LogP contribution in [-0.2, 0) is 6.42 Å². The van der Waals surface area contributed by atoms with Crippen LogP contribution in [0.2, 0.25) is 0 Å². The third-order valence-corrected chi connectivity index (χ3v) is 3.13. The van der Waals surface area contributed by atoms with E-state index in [1.54, 1.807) is 18.3 Å². The highest BCUT2D eigenvalue weighted by Gasteiger charge is 2.11. The standard InChI is InChI=1S/C14H13ClFN/c1-10-3-2-8-17-14(10)9-13(15)11-4-6-12(16)7-5-11/h2-8,13H,9H2,1H3. The second-order valence-corrected chi connectivity index (χ2v) is 4.52. The maximum atomic E-state index is 12.8. The maximum Gasteiger partial charge on any atom is 0.123 e. The van der Waals surface area contributed by atoms with Crippen LogP contribution in [-0.4, -0.2) is 4.98 Å². The molecule has 17 heavy (non-hydrogen) atoms. The summed E-state index contributed by atoms with van der Waals surface area (Å²) in [6, 6.07) is 10.2. The van der Waals surface area contributed by atoms with E-state index in [1.807, 2.05) is 19.1 Å². The molecule has 0 N–H and O–H groups in total. The van der Waals surface area contributed by atoms with Crippen LogP contribution in [0.3, 0.4) is 0 Å². The number of aryl methyl sites for hydroxylation is 1. The minimum absolute atomic E-state index is 0.177. The Morgan fingerprint density at radius 1 is 1.24 bits per heavy atom. The molecule has 0 spiro atoms. The quantitative estimate of drug-likeness (QED) is 0.748. The summed E-state index contributed by atoms with van der Waals surface area (Å²) in [5, 5.41) is -0.177. The number of hydrogen-bond acceptors (Lipinski definition) is 1. The van der Waals surface area contributed by atoms with Gasteiger partial charge in [-0.25, -0.2) is 4.39 Å². The van der Waals surface area contributed by atoms with E-state index in [-0.39, 0.29) is 11.2 Å². The molecular weight excluding hydrogens is 237 g/mol. The summed E-state index contributed by atoms with van der Waals surface area (Å²) in [5.41, 5.74) is 3.02. The van der Waals surface area contributed by atoms with E-state index in [9.17, 15) is 4.39 Å². The van der Waals surface area contributed by atoms with Crippen molar-refractivity contribution in [1.29, 1.82) is 0 Å². The molecule has 0 saturated heterocycles. The zero-order valence-corrected chi connectivity index (χ0v) is 10.3. The van der Waals surface area contributed by atoms with Gasteiger partial charge in [0.2, 0.25) is 0 Å². The van der Waals surface area contributed by atoms with E-state index < -0.39 is 0 Å². The van der Waals surface area contributed by atoms with Gasteiger partial charge in [-0.1, -0.05) is 18.2 Å². The summed E-state index contributed by atoms with van der Waals surface area (Å²) >= 11 is 6.30. The average Bonchev–Trinajstić information content (AvgIpc) is 2.33. The van der Waals surface area contributed by atoms with Crippen LogP contribution >= 0.6 is 11.6 Å². The normalized spacial score (nSPS) is 12.4. The smallest absolute Gasteiger partial charge is 0.123 e. The first kappa shape index (κ1) is 12.1. The van der Waals surface area contributed by atoms with Gasteiger partial charge in [0, 0.05) is 18.3 Å². The third kappa shape index (κ3) is 3.04. The van der Waals surface area contributed by atoms with Crippen LogP contribution < -0.4 is 0 Å². The van der Waals surface area contributed by atoms with E-state index in [1.165, 1.54) is 12.1 Å². The van der Waals surface area contributed by atoms with Crippen molar-refractivity contribution < 1.29 is 4.39 Å². The molecule has 1 aromatic carbocycles. The second-order valence-electron chi connectivity index (χ2n) is 3.99. The number of nitrogens with zero attached hydrogens (tertiary/aromatic N) is 1. The van der Waals surface area contributed by atoms with Gasteiger partial charge in [0.15, 0.2) is 0 Å². The predicted octanol–water partition coefficient (Wildman–Crippen LogP) is 4.05. The van der Waals surface area contributed by atoms with Gasteiger partial charge in [0.25, 0.3) is 0 Å². The molecule has 0 fully saturated rings. The summed E-state index contributed by atoms with van der Waals surface area (Å²) in [7, 11) is 0. The molecule has 1 aromatic heterocycles. The summed E-state index contributed by atoms with van der Waals surface area (Å²) in [5.74, 6) is -0.244. The lowest BCUT2D eigenvalue weighted by molar-refractivity contribution is 0.626. The van der Waals surface area contributed by atoms with Crippen molar-refractivity contribution in [3.8, 4) is 0 Å². The van der Waals surface area contributed by atoms with E-state index in [0.717, 1.165) is 16.8 Å². The van der Waals surface area contributed by atoms with Gasteiger partial charge in [-0.15, -0.1) is 11.6 Å². The van der Waals surface area contributed by atoms with Crippen molar-refractivity contribution in [2.75, 3.05) is 0 Å². The van der Waals surface area contributed by atoms with Crippen LogP contribution in [0, 0.1) is 12.7 Å². The second kappa shape index (κ2) is 5.28. The monoisotopic (exact) mass is 249 g/mol. The number of halogens is 2. The Kier molecular flexibility index (Phi) is 3.75. The van der Waals surface area contributed by atoms with E-state index in [4.69, 9.17) is 11.6 Å². The van der Waals surface area contributed by atoms with Gasteiger partial charge in [-0.3, -0.25) is 4.98 Å². The van der Waals surface area contributed by atoms with Crippen LogP contribution in [0.4, 0.5) is 4.39 Å². The third-order valence-electron chi connectivity index (χ3n) is 2.72. The fourth-order valence-corrected chi connectivity index (χ4v) is 1.98. The number of rotatable bonds is 3. The molecule has 88 valence electrons. The Labute approximate surface area is 105 Å². The number of benzene rings is 1. The first-order valence-electron chi connectivity index (χ1n) is 5.47. The molecule has 0 bridgehead atoms. The van der Waals surface area contributed by atoms with Gasteiger partial charge >= 0.3 is 0 Å². The largest absolute Gasteiger partial charge is 0.261 e. The molecule has 1 nitrogen and oxygen atoms in total. The lowest BCUT2D eigenvalue weighted by Gasteiger charge is -2.10. The highest BCUT2D eigenvalue weighted by molar-refractivity contribution is 6.20. The molecule has 2 rings (SSSR count). The average molecular weight is 250 g/mol. The SMILES string of the molecule is Cc1cccnc1CC(Cl)c1ccc(F)cc1. The van der Waals surface area contributed by atoms with Gasteiger partial charge < -0.3 is 0 Å². The Balaban J connectivity index is 2.14. The molecule has 0 amide bonds. The maximum absolute atomic E-state index is 12.8. The summed E-state index contributed by atoms with van der Waals surface area (Å²) in [4.78, 5) is 4.30. The molecule has 1 atom stereocenters. The van der Waals surface area contributed by atoms with E-state index >= 15 is 0 Å². The molecule has 1 unspecified atom stereocenters. The van der Waals surface area contributed by atoms with Crippen LogP contribution in [0.15, 0.2) is 42.6 Å². The van der Waals surface area contributed by atoms with Crippen molar-refractivity contribution in [3.63, 3.8) is 0 Å². The van der Waals surface area contributed by atoms with Gasteiger partial charge in [-0.2, -0.15) is 0 Å². The minimum atomic E-state index is -0.244. The molecule has 0 radical (unpaired) electrons. The van der Waals surface area contributed by atoms with Crippen LogP contribution in [0.25, 0.3) is 0 Å². The van der Waals surface area contributed by atoms with Crippen molar-refractivity contribution in [2.45, 2.75) is 18.7 Å². The van der Waals surface area contributed by atoms with Crippen LogP contribution in [0.5, 0.6) is 0 Å². The number of hydrogen-bond donors (Lipinski definition) is 0. The topological polar surface area (TPSA) is 12.9 Å². The molecule has 2 aromatic rings. The first-order valence-corrected chi connectivity index (χ1v) is 5.90. The van der Waals surface area contributed by atoms with E-state index in [0.29, 0.717) is 6.42 Å². The van der Waals surface area contributed by atoms with Gasteiger partial charge in [-0.05, 0) is 36.2 Å². The van der Waals surface area contributed by atoms with Crippen molar-refractivity contribution in [3.05, 3.63) is 65.2 Å². The molecule has 0 aliphatic heterocycles. The Morgan fingerprint density at radius 3 is 2.59 bits per heavy atom. The fourth-order valence-electron chi connectivity index (χ4n) is 1.69. The minimum Gasteiger partial charge on any atom is -0.261 e. The van der Waals surface area contributed by atoms with Crippen molar-refractivity contribution in [1.82, 2.24) is 4.98 Å². The van der Waals surface area contributed by atoms with Crippen molar-refractivity contribution in [2.24, 2.45) is 0 Å². The summed E-state index contributed by atoms with van der Waals surface area (Å²) in [6.45, 7) is 2.01. The Morgan fingerprint density at radius 2 is 1.94 bits per heavy atom. The predicted molar refractivity (Wildman–Crippen MR) is 67.7 cm³/mol. The molecular formula is C14H13ClFN. The number of alkyl halides is 1. The molecule has 0 aliphatic rings. The Hall–Kier alpha value is -1.41. The van der Waals surface area contributed by atoms with E-state index in [2.05, 4.69) is 4.98 Å². The lowest BCUT2D eigenvalue weighted by Crippen LogP contribution is -2.00. The number of pyridine rings is 1. The zero-order valence-electron chi connectivity index (χ0n) is 9.53. The molecule has 0 saturated carbocycles. The van der Waals surface area contributed by atoms with Gasteiger partial charge in [0.1, 0.15) is 5.82 Å². The molecule has 0 aliphatic carbocycles. The highest BCUT2D eigenvalue weighted by Crippen LogP contribution is 2.25. The van der Waals surface area contributed by atoms with Crippen molar-refractivity contribution >= 4 is 11.6 Å². The fraction of sp³-hybridized carbons (Fsp3) is 0.214. The zero-order chi connectivity index (χ0) is 12.3. The first-order chi connectivity index (χ1) is 8.16. The Bertz CT molecular complexity index is 496. The highest BCUT2D eigenvalue weighted by atomic mass is 35.5. The lowest BCUT2D eigenvalue weighted by atomic mass is 10.0. The summed E-state index contributed by atoms with van der Waals surface area (Å²) < 4.78 is 12.8. The summed E-state index contributed by atoms with van der Waals surface area (Å²) in [6.07, 6.45) is 2.41.